The molecule has 0 bridgehead atoms. The first kappa shape index (κ1) is 14.4. The van der Waals surface area contributed by atoms with Gasteiger partial charge in [0.05, 0.1) is 12.2 Å². The van der Waals surface area contributed by atoms with Gasteiger partial charge in [-0.15, -0.1) is 0 Å². The molecular weight excluding hydrogens is 230 g/mol. The fourth-order valence-electron chi connectivity index (χ4n) is 1.33. The van der Waals surface area contributed by atoms with Gasteiger partial charge in [0.15, 0.2) is 0 Å². The van der Waals surface area contributed by atoms with E-state index < -0.39 is 0 Å². The van der Waals surface area contributed by atoms with Crippen LogP contribution in [-0.2, 0) is 11.3 Å². The van der Waals surface area contributed by atoms with E-state index >= 15 is 0 Å². The number of hydrogen-bond donors (Lipinski definition) is 3. The number of aromatic nitrogens is 1. The van der Waals surface area contributed by atoms with Crippen LogP contribution < -0.4 is 16.6 Å². The Morgan fingerprint density at radius 2 is 2.39 bits per heavy atom. The number of nitrogens with one attached hydrogen (secondary N) is 2. The third kappa shape index (κ3) is 6.17. The molecule has 0 spiro atoms. The number of rotatable bonds is 7. The van der Waals surface area contributed by atoms with Crippen molar-refractivity contribution in [3.05, 3.63) is 30.1 Å². The topological polar surface area (TPSA) is 84.6 Å². The van der Waals surface area contributed by atoms with Crippen LogP contribution in [0.15, 0.2) is 29.4 Å². The molecule has 0 amide bonds. The highest BCUT2D eigenvalue weighted by molar-refractivity contribution is 5.79. The lowest BCUT2D eigenvalue weighted by atomic mass is 10.3. The Labute approximate surface area is 108 Å². The SMILES string of the molecule is CCOCCCNC(=NCc1ccccn1)NN. The summed E-state index contributed by atoms with van der Waals surface area (Å²) >= 11 is 0. The predicted molar refractivity (Wildman–Crippen MR) is 71.8 cm³/mol. The molecular formula is C12H21N5O. The minimum Gasteiger partial charge on any atom is -0.382 e. The fourth-order valence-corrected chi connectivity index (χ4v) is 1.33. The van der Waals surface area contributed by atoms with Gasteiger partial charge in [0.25, 0.3) is 0 Å². The lowest BCUT2D eigenvalue weighted by Crippen LogP contribution is -2.42. The zero-order valence-electron chi connectivity index (χ0n) is 10.7. The van der Waals surface area contributed by atoms with Gasteiger partial charge in [-0.2, -0.15) is 0 Å². The van der Waals surface area contributed by atoms with Crippen molar-refractivity contribution >= 4 is 5.96 Å². The van der Waals surface area contributed by atoms with Crippen LogP contribution >= 0.6 is 0 Å². The average molecular weight is 251 g/mol. The summed E-state index contributed by atoms with van der Waals surface area (Å²) < 4.78 is 5.24. The van der Waals surface area contributed by atoms with E-state index in [2.05, 4.69) is 20.7 Å². The number of hydrazine groups is 1. The van der Waals surface area contributed by atoms with Crippen LogP contribution in [0.1, 0.15) is 19.0 Å². The van der Waals surface area contributed by atoms with Crippen molar-refractivity contribution < 1.29 is 4.74 Å². The molecule has 1 aromatic heterocycles. The van der Waals surface area contributed by atoms with E-state index in [-0.39, 0.29) is 0 Å². The molecule has 0 radical (unpaired) electrons. The molecule has 0 aliphatic carbocycles. The van der Waals surface area contributed by atoms with Crippen molar-refractivity contribution in [1.82, 2.24) is 15.7 Å². The maximum atomic E-state index is 5.38. The first-order valence-electron chi connectivity index (χ1n) is 6.09. The van der Waals surface area contributed by atoms with E-state index in [1.54, 1.807) is 6.20 Å². The highest BCUT2D eigenvalue weighted by Gasteiger charge is 1.96. The molecule has 1 rings (SSSR count). The van der Waals surface area contributed by atoms with E-state index in [0.717, 1.165) is 31.9 Å². The predicted octanol–water partition coefficient (Wildman–Crippen LogP) is 0.417. The summed E-state index contributed by atoms with van der Waals surface area (Å²) in [6, 6.07) is 5.73. The van der Waals surface area contributed by atoms with Crippen LogP contribution in [-0.4, -0.2) is 30.7 Å². The van der Waals surface area contributed by atoms with Gasteiger partial charge in [0, 0.05) is 26.0 Å². The monoisotopic (exact) mass is 251 g/mol. The summed E-state index contributed by atoms with van der Waals surface area (Å²) in [5.74, 6) is 5.95. The number of ether oxygens (including phenoxy) is 1. The number of nitrogens with two attached hydrogens (primary N) is 1. The van der Waals surface area contributed by atoms with Gasteiger partial charge < -0.3 is 10.1 Å². The van der Waals surface area contributed by atoms with Crippen LogP contribution in [0.4, 0.5) is 0 Å². The number of guanidine groups is 1. The molecule has 100 valence electrons. The second-order valence-electron chi connectivity index (χ2n) is 3.61. The summed E-state index contributed by atoms with van der Waals surface area (Å²) in [7, 11) is 0. The summed E-state index contributed by atoms with van der Waals surface area (Å²) in [6.45, 7) is 4.73. The molecule has 1 heterocycles. The van der Waals surface area contributed by atoms with Crippen molar-refractivity contribution in [2.45, 2.75) is 19.9 Å². The Hall–Kier alpha value is -1.66. The minimum absolute atomic E-state index is 0.499. The smallest absolute Gasteiger partial charge is 0.206 e. The van der Waals surface area contributed by atoms with E-state index in [4.69, 9.17) is 10.6 Å². The van der Waals surface area contributed by atoms with Gasteiger partial charge in [0.2, 0.25) is 5.96 Å². The van der Waals surface area contributed by atoms with Crippen molar-refractivity contribution in [3.63, 3.8) is 0 Å². The molecule has 0 saturated heterocycles. The lowest BCUT2D eigenvalue weighted by Gasteiger charge is -2.08. The second kappa shape index (κ2) is 9.38. The highest BCUT2D eigenvalue weighted by atomic mass is 16.5. The maximum absolute atomic E-state index is 5.38. The molecule has 0 unspecified atom stereocenters. The number of pyridine rings is 1. The van der Waals surface area contributed by atoms with E-state index in [0.29, 0.717) is 12.5 Å². The molecule has 0 atom stereocenters. The Bertz CT molecular complexity index is 342. The second-order valence-corrected chi connectivity index (χ2v) is 3.61. The molecule has 0 fully saturated rings. The van der Waals surface area contributed by atoms with Gasteiger partial charge in [-0.1, -0.05) is 6.07 Å². The molecule has 6 heteroatoms. The van der Waals surface area contributed by atoms with Gasteiger partial charge in [-0.25, -0.2) is 10.8 Å². The molecule has 18 heavy (non-hydrogen) atoms. The Morgan fingerprint density at radius 3 is 3.06 bits per heavy atom. The Kier molecular flexibility index (Phi) is 7.50. The fraction of sp³-hybridized carbons (Fsp3) is 0.500. The molecule has 0 saturated carbocycles. The largest absolute Gasteiger partial charge is 0.382 e. The summed E-state index contributed by atoms with van der Waals surface area (Å²) in [5, 5.41) is 3.10. The zero-order chi connectivity index (χ0) is 13.1. The minimum atomic E-state index is 0.499. The third-order valence-corrected chi connectivity index (χ3v) is 2.22. The zero-order valence-corrected chi connectivity index (χ0v) is 10.7. The molecule has 6 nitrogen and oxygen atoms in total. The third-order valence-electron chi connectivity index (χ3n) is 2.22. The van der Waals surface area contributed by atoms with E-state index in [9.17, 15) is 0 Å². The number of hydrogen-bond acceptors (Lipinski definition) is 4. The van der Waals surface area contributed by atoms with Crippen molar-refractivity contribution in [1.29, 1.82) is 0 Å². The molecule has 0 aliphatic rings. The average Bonchev–Trinajstić information content (AvgIpc) is 2.43. The van der Waals surface area contributed by atoms with Gasteiger partial charge >= 0.3 is 0 Å². The van der Waals surface area contributed by atoms with Crippen molar-refractivity contribution in [2.24, 2.45) is 10.8 Å². The molecule has 1 aromatic rings. The van der Waals surface area contributed by atoms with Crippen LogP contribution in [0.3, 0.4) is 0 Å². The Morgan fingerprint density at radius 1 is 1.50 bits per heavy atom. The van der Waals surface area contributed by atoms with Crippen LogP contribution in [0.5, 0.6) is 0 Å². The molecule has 4 N–H and O–H groups in total. The summed E-state index contributed by atoms with van der Waals surface area (Å²) in [5.41, 5.74) is 3.44. The van der Waals surface area contributed by atoms with Crippen molar-refractivity contribution in [2.75, 3.05) is 19.8 Å². The molecule has 0 aromatic carbocycles. The normalized spacial score (nSPS) is 11.3. The highest BCUT2D eigenvalue weighted by Crippen LogP contribution is 1.94. The van der Waals surface area contributed by atoms with E-state index in [1.165, 1.54) is 0 Å². The van der Waals surface area contributed by atoms with Crippen LogP contribution in [0.25, 0.3) is 0 Å². The first-order valence-corrected chi connectivity index (χ1v) is 6.09. The standard InChI is InChI=1S/C12H21N5O/c1-2-18-9-5-8-15-12(17-13)16-10-11-6-3-4-7-14-11/h3-4,6-7H,2,5,8-10,13H2,1H3,(H2,15,16,17). The number of nitrogens with zero attached hydrogens (tertiary/aromatic N) is 2. The quantitative estimate of drug-likeness (QED) is 0.215. The van der Waals surface area contributed by atoms with Gasteiger partial charge in [-0.3, -0.25) is 10.4 Å². The van der Waals surface area contributed by atoms with E-state index in [1.807, 2.05) is 25.1 Å². The number of aliphatic imine (C=N–C) groups is 1. The van der Waals surface area contributed by atoms with Crippen molar-refractivity contribution in [3.8, 4) is 0 Å². The maximum Gasteiger partial charge on any atom is 0.206 e. The lowest BCUT2D eigenvalue weighted by molar-refractivity contribution is 0.145. The van der Waals surface area contributed by atoms with Crippen LogP contribution in [0, 0.1) is 0 Å². The van der Waals surface area contributed by atoms with Crippen LogP contribution in [0.2, 0.25) is 0 Å². The first-order chi connectivity index (χ1) is 8.86. The summed E-state index contributed by atoms with van der Waals surface area (Å²) in [4.78, 5) is 8.48. The summed E-state index contributed by atoms with van der Waals surface area (Å²) in [6.07, 6.45) is 2.66. The molecule has 0 aliphatic heterocycles. The van der Waals surface area contributed by atoms with Gasteiger partial charge in [0.1, 0.15) is 0 Å². The Balaban J connectivity index is 2.27. The van der Waals surface area contributed by atoms with Gasteiger partial charge in [-0.05, 0) is 25.5 Å².